The van der Waals surface area contributed by atoms with Crippen LogP contribution in [0, 0.1) is 6.92 Å². The van der Waals surface area contributed by atoms with E-state index in [1.165, 1.54) is 37.3 Å². The molecule has 1 aliphatic rings. The van der Waals surface area contributed by atoms with Crippen LogP contribution in [0.3, 0.4) is 0 Å². The normalized spacial score (nSPS) is 14.0. The Balaban J connectivity index is 1.66. The number of aryl methyl sites for hydroxylation is 1. The summed E-state index contributed by atoms with van der Waals surface area (Å²) in [7, 11) is -3.82. The molecule has 3 aromatic carbocycles. The molecule has 0 atom stereocenters. The van der Waals surface area contributed by atoms with Gasteiger partial charge in [0, 0.05) is 5.69 Å². The van der Waals surface area contributed by atoms with Crippen molar-refractivity contribution in [3.05, 3.63) is 82.9 Å². The van der Waals surface area contributed by atoms with Gasteiger partial charge in [0.15, 0.2) is 0 Å². The summed E-state index contributed by atoms with van der Waals surface area (Å²) in [6.45, 7) is 1.37. The summed E-state index contributed by atoms with van der Waals surface area (Å²) < 4.78 is 68.4. The van der Waals surface area contributed by atoms with Crippen molar-refractivity contribution >= 4 is 33.3 Å². The van der Waals surface area contributed by atoms with Crippen LogP contribution in [-0.2, 0) is 21.0 Å². The maximum absolute atomic E-state index is 13.3. The molecule has 0 aromatic heterocycles. The van der Waals surface area contributed by atoms with Gasteiger partial charge in [-0.15, -0.1) is 0 Å². The zero-order valence-electron chi connectivity index (χ0n) is 17.8. The zero-order valence-corrected chi connectivity index (χ0v) is 18.6. The maximum Gasteiger partial charge on any atom is 0.416 e. The Labute approximate surface area is 193 Å². The fourth-order valence-electron chi connectivity index (χ4n) is 3.65. The first-order chi connectivity index (χ1) is 15.9. The van der Waals surface area contributed by atoms with Gasteiger partial charge in [-0.25, -0.2) is 13.6 Å². The Kier molecular flexibility index (Phi) is 5.96. The fraction of sp³-hybridized carbons (Fsp3) is 0.125. The number of alkyl halides is 3. The number of amides is 1. The Morgan fingerprint density at radius 1 is 1.00 bits per heavy atom. The van der Waals surface area contributed by atoms with E-state index in [9.17, 15) is 26.4 Å². The number of primary sulfonamides is 1. The van der Waals surface area contributed by atoms with E-state index in [1.54, 1.807) is 30.3 Å². The monoisotopic (exact) mass is 488 g/mol. The average Bonchev–Trinajstić information content (AvgIpc) is 2.90. The van der Waals surface area contributed by atoms with Crippen molar-refractivity contribution in [1.82, 2.24) is 0 Å². The number of anilines is 1. The molecule has 0 saturated carbocycles. The van der Waals surface area contributed by atoms with E-state index in [4.69, 9.17) is 9.88 Å². The standard InChI is InChI=1S/C24H19F3N2O4S/c1-14-9-17-10-16(12-23(30)29-22(17)13-21(14)24(25,26)27)15-3-2-4-19(11-15)33-18-5-7-20(8-6-18)34(28,31)32/h2-11,13H,12H2,1H3,(H,29,30)(H2,28,31,32). The first kappa shape index (κ1) is 23.5. The number of fused-ring (bicyclic) bond motifs is 1. The third kappa shape index (κ3) is 5.13. The second-order valence-electron chi connectivity index (χ2n) is 7.79. The van der Waals surface area contributed by atoms with E-state index >= 15 is 0 Å². The molecule has 4 rings (SSSR count). The van der Waals surface area contributed by atoms with Crippen molar-refractivity contribution in [3.8, 4) is 11.5 Å². The van der Waals surface area contributed by atoms with Crippen molar-refractivity contribution in [3.63, 3.8) is 0 Å². The molecule has 3 N–H and O–H groups in total. The molecule has 6 nitrogen and oxygen atoms in total. The molecule has 0 unspecified atom stereocenters. The van der Waals surface area contributed by atoms with E-state index in [0.29, 0.717) is 28.2 Å². The van der Waals surface area contributed by atoms with Crippen molar-refractivity contribution in [1.29, 1.82) is 0 Å². The van der Waals surface area contributed by atoms with Crippen LogP contribution in [0.1, 0.15) is 28.7 Å². The Bertz CT molecular complexity index is 1410. The lowest BCUT2D eigenvalue weighted by Gasteiger charge is -2.14. The fourth-order valence-corrected chi connectivity index (χ4v) is 4.16. The number of nitrogens with one attached hydrogen (secondary N) is 1. The quantitative estimate of drug-likeness (QED) is 0.518. The molecule has 0 aliphatic carbocycles. The van der Waals surface area contributed by atoms with Crippen LogP contribution < -0.4 is 15.2 Å². The second-order valence-corrected chi connectivity index (χ2v) is 9.35. The van der Waals surface area contributed by atoms with Crippen LogP contribution in [-0.4, -0.2) is 14.3 Å². The molecule has 3 aromatic rings. The van der Waals surface area contributed by atoms with E-state index in [-0.39, 0.29) is 22.6 Å². The number of nitrogens with two attached hydrogens (primary N) is 1. The molecule has 1 amide bonds. The smallest absolute Gasteiger partial charge is 0.416 e. The molecule has 0 bridgehead atoms. The number of ether oxygens (including phenoxy) is 1. The minimum Gasteiger partial charge on any atom is -0.457 e. The van der Waals surface area contributed by atoms with E-state index in [0.717, 1.165) is 6.07 Å². The number of sulfonamides is 1. The van der Waals surface area contributed by atoms with Gasteiger partial charge in [-0.1, -0.05) is 12.1 Å². The van der Waals surface area contributed by atoms with Gasteiger partial charge in [0.05, 0.1) is 16.9 Å². The number of benzene rings is 3. The minimum atomic E-state index is -4.53. The molecule has 34 heavy (non-hydrogen) atoms. The summed E-state index contributed by atoms with van der Waals surface area (Å²) in [5.74, 6) is 0.361. The van der Waals surface area contributed by atoms with Gasteiger partial charge in [-0.05, 0) is 83.8 Å². The molecular weight excluding hydrogens is 469 g/mol. The predicted octanol–water partition coefficient (Wildman–Crippen LogP) is 5.34. The average molecular weight is 488 g/mol. The Morgan fingerprint density at radius 3 is 2.35 bits per heavy atom. The molecule has 0 saturated heterocycles. The lowest BCUT2D eigenvalue weighted by Crippen LogP contribution is -2.13. The molecule has 0 fully saturated rings. The Hall–Kier alpha value is -3.63. The summed E-state index contributed by atoms with van der Waals surface area (Å²) >= 11 is 0. The van der Waals surface area contributed by atoms with Crippen molar-refractivity contribution in [2.24, 2.45) is 5.14 Å². The van der Waals surface area contributed by atoms with Crippen LogP contribution in [0.4, 0.5) is 18.9 Å². The van der Waals surface area contributed by atoms with Crippen LogP contribution in [0.2, 0.25) is 0 Å². The van der Waals surface area contributed by atoms with Gasteiger partial charge in [0.1, 0.15) is 11.5 Å². The first-order valence-electron chi connectivity index (χ1n) is 10.0. The Morgan fingerprint density at radius 2 is 1.71 bits per heavy atom. The van der Waals surface area contributed by atoms with Gasteiger partial charge in [-0.3, -0.25) is 4.79 Å². The number of hydrogen-bond donors (Lipinski definition) is 2. The molecule has 10 heteroatoms. The van der Waals surface area contributed by atoms with Crippen LogP contribution in [0.5, 0.6) is 11.5 Å². The number of rotatable bonds is 4. The van der Waals surface area contributed by atoms with Gasteiger partial charge in [0.25, 0.3) is 0 Å². The third-order valence-electron chi connectivity index (χ3n) is 5.25. The van der Waals surface area contributed by atoms with Crippen LogP contribution in [0.15, 0.2) is 65.6 Å². The summed E-state index contributed by atoms with van der Waals surface area (Å²) in [6.07, 6.45) is -2.89. The van der Waals surface area contributed by atoms with Gasteiger partial charge in [-0.2, -0.15) is 13.2 Å². The number of carbonyl (C=O) groups excluding carboxylic acids is 1. The van der Waals surface area contributed by atoms with E-state index in [1.807, 2.05) is 0 Å². The second kappa shape index (κ2) is 8.62. The molecule has 1 aliphatic heterocycles. The van der Waals surface area contributed by atoms with Crippen LogP contribution in [0.25, 0.3) is 11.6 Å². The number of halogens is 3. The lowest BCUT2D eigenvalue weighted by molar-refractivity contribution is -0.138. The largest absolute Gasteiger partial charge is 0.457 e. The molecule has 1 heterocycles. The third-order valence-corrected chi connectivity index (χ3v) is 6.18. The lowest BCUT2D eigenvalue weighted by atomic mass is 9.98. The SMILES string of the molecule is Cc1cc2c(cc1C(F)(F)F)NC(=O)CC(c1cccc(Oc3ccc(S(N)(=O)=O)cc3)c1)=C2. The number of carbonyl (C=O) groups is 1. The summed E-state index contributed by atoms with van der Waals surface area (Å²) in [6, 6.07) is 14.8. The molecular formula is C24H19F3N2O4S. The summed E-state index contributed by atoms with van der Waals surface area (Å²) in [5, 5.41) is 7.65. The first-order valence-corrected chi connectivity index (χ1v) is 11.6. The van der Waals surface area contributed by atoms with E-state index < -0.39 is 27.7 Å². The highest BCUT2D eigenvalue weighted by molar-refractivity contribution is 7.89. The molecule has 176 valence electrons. The predicted molar refractivity (Wildman–Crippen MR) is 122 cm³/mol. The molecule has 0 radical (unpaired) electrons. The van der Waals surface area contributed by atoms with Crippen molar-refractivity contribution < 1.29 is 31.1 Å². The zero-order chi connectivity index (χ0) is 24.7. The highest BCUT2D eigenvalue weighted by Crippen LogP contribution is 2.38. The highest BCUT2D eigenvalue weighted by atomic mass is 32.2. The summed E-state index contributed by atoms with van der Waals surface area (Å²) in [4.78, 5) is 12.4. The van der Waals surface area contributed by atoms with Crippen molar-refractivity contribution in [2.45, 2.75) is 24.4 Å². The highest BCUT2D eigenvalue weighted by Gasteiger charge is 2.33. The topological polar surface area (TPSA) is 98.5 Å². The minimum absolute atomic E-state index is 0.0401. The molecule has 0 spiro atoms. The van der Waals surface area contributed by atoms with Gasteiger partial charge in [0.2, 0.25) is 15.9 Å². The number of hydrogen-bond acceptors (Lipinski definition) is 4. The van der Waals surface area contributed by atoms with Gasteiger partial charge < -0.3 is 10.1 Å². The van der Waals surface area contributed by atoms with Crippen LogP contribution >= 0.6 is 0 Å². The van der Waals surface area contributed by atoms with Crippen molar-refractivity contribution in [2.75, 3.05) is 5.32 Å². The summed E-state index contributed by atoms with van der Waals surface area (Å²) in [5.41, 5.74) is 1.08. The van der Waals surface area contributed by atoms with Gasteiger partial charge >= 0.3 is 6.18 Å². The maximum atomic E-state index is 13.3. The van der Waals surface area contributed by atoms with E-state index in [2.05, 4.69) is 5.32 Å².